The molecule has 1 saturated carbocycles. The summed E-state index contributed by atoms with van der Waals surface area (Å²) in [7, 11) is 0. The molecule has 0 aromatic carbocycles. The van der Waals surface area contributed by atoms with Crippen molar-refractivity contribution in [3.63, 3.8) is 0 Å². The topological polar surface area (TPSA) is 38.0 Å². The van der Waals surface area contributed by atoms with Crippen molar-refractivity contribution in [1.29, 1.82) is 0 Å². The van der Waals surface area contributed by atoms with E-state index in [4.69, 9.17) is 5.73 Å². The first kappa shape index (κ1) is 9.57. The third-order valence-electron chi connectivity index (χ3n) is 2.43. The highest BCUT2D eigenvalue weighted by Gasteiger charge is 2.16. The van der Waals surface area contributed by atoms with Gasteiger partial charge >= 0.3 is 0 Å². The lowest BCUT2D eigenvalue weighted by Crippen LogP contribution is -2.37. The molecule has 1 fully saturated rings. The number of hydrogen-bond acceptors (Lipinski definition) is 2. The normalized spacial score (nSPS) is 29.2. The minimum Gasteiger partial charge on any atom is -0.328 e. The fourth-order valence-corrected chi connectivity index (χ4v) is 1.61. The third-order valence-corrected chi connectivity index (χ3v) is 2.43. The summed E-state index contributed by atoms with van der Waals surface area (Å²) in [5, 5.41) is 3.41. The van der Waals surface area contributed by atoms with E-state index in [-0.39, 0.29) is 0 Å². The van der Waals surface area contributed by atoms with E-state index < -0.39 is 0 Å². The van der Waals surface area contributed by atoms with E-state index >= 15 is 0 Å². The molecule has 0 aromatic heterocycles. The third kappa shape index (κ3) is 3.25. The first-order valence-corrected chi connectivity index (χ1v) is 4.71. The van der Waals surface area contributed by atoms with Crippen molar-refractivity contribution in [2.24, 2.45) is 5.73 Å². The molecule has 2 heteroatoms. The van der Waals surface area contributed by atoms with E-state index in [0.717, 1.165) is 19.4 Å². The molecule has 1 aliphatic carbocycles. The minimum atomic E-state index is 0.445. The number of hydrogen-bond donors (Lipinski definition) is 2. The van der Waals surface area contributed by atoms with Gasteiger partial charge in [0.1, 0.15) is 0 Å². The summed E-state index contributed by atoms with van der Waals surface area (Å²) in [5.41, 5.74) is 5.80. The van der Waals surface area contributed by atoms with Crippen LogP contribution in [-0.4, -0.2) is 18.6 Å². The number of nitrogens with one attached hydrogen (secondary N) is 1. The highest BCUT2D eigenvalue weighted by Crippen LogP contribution is 2.16. The van der Waals surface area contributed by atoms with Crippen molar-refractivity contribution in [1.82, 2.24) is 5.32 Å². The van der Waals surface area contributed by atoms with Crippen LogP contribution in [0.3, 0.4) is 0 Å². The molecule has 0 radical (unpaired) electrons. The van der Waals surface area contributed by atoms with E-state index in [2.05, 4.69) is 17.2 Å². The molecule has 68 valence electrons. The van der Waals surface area contributed by atoms with Gasteiger partial charge in [-0.1, -0.05) is 5.92 Å². The Balaban J connectivity index is 2.12. The van der Waals surface area contributed by atoms with E-state index in [1.807, 2.05) is 6.92 Å². The standard InChI is InChI=1S/C10H18N2/c1-2-3-8-12-10-6-4-9(11)5-7-10/h9-10,12H,4-8,11H2,1H3. The molecule has 0 amide bonds. The van der Waals surface area contributed by atoms with E-state index in [1.165, 1.54) is 12.8 Å². The zero-order valence-electron chi connectivity index (χ0n) is 7.77. The molecule has 1 rings (SSSR count). The molecule has 3 N–H and O–H groups in total. The molecule has 0 atom stereocenters. The van der Waals surface area contributed by atoms with Crippen LogP contribution in [0.4, 0.5) is 0 Å². The van der Waals surface area contributed by atoms with E-state index in [1.54, 1.807) is 0 Å². The monoisotopic (exact) mass is 166 g/mol. The van der Waals surface area contributed by atoms with Crippen molar-refractivity contribution in [3.05, 3.63) is 0 Å². The summed E-state index contributed by atoms with van der Waals surface area (Å²) >= 11 is 0. The van der Waals surface area contributed by atoms with Crippen LogP contribution in [0.25, 0.3) is 0 Å². The van der Waals surface area contributed by atoms with Crippen molar-refractivity contribution in [3.8, 4) is 11.8 Å². The maximum absolute atomic E-state index is 5.80. The SMILES string of the molecule is CC#CCNC1CCC(N)CC1. The lowest BCUT2D eigenvalue weighted by atomic mass is 9.92. The second kappa shape index (κ2) is 5.18. The average molecular weight is 166 g/mol. The van der Waals surface area contributed by atoms with Crippen LogP contribution in [0.5, 0.6) is 0 Å². The molecule has 0 bridgehead atoms. The molecular weight excluding hydrogens is 148 g/mol. The molecule has 0 heterocycles. The van der Waals surface area contributed by atoms with Gasteiger partial charge in [-0.2, -0.15) is 0 Å². The smallest absolute Gasteiger partial charge is 0.0578 e. The van der Waals surface area contributed by atoms with Crippen LogP contribution in [0, 0.1) is 11.8 Å². The Morgan fingerprint density at radius 2 is 2.00 bits per heavy atom. The summed E-state index contributed by atoms with van der Waals surface area (Å²) in [6, 6.07) is 1.10. The van der Waals surface area contributed by atoms with Crippen molar-refractivity contribution in [2.45, 2.75) is 44.7 Å². The molecular formula is C10H18N2. The summed E-state index contributed by atoms with van der Waals surface area (Å²) in [6.45, 7) is 2.70. The highest BCUT2D eigenvalue weighted by molar-refractivity contribution is 4.98. The average Bonchev–Trinajstić information content (AvgIpc) is 2.09. The Morgan fingerprint density at radius 3 is 2.58 bits per heavy atom. The maximum atomic E-state index is 5.80. The fraction of sp³-hybridized carbons (Fsp3) is 0.800. The number of rotatable bonds is 2. The predicted molar refractivity (Wildman–Crippen MR) is 51.7 cm³/mol. The molecule has 0 saturated heterocycles. The van der Waals surface area contributed by atoms with Crippen molar-refractivity contribution in [2.75, 3.05) is 6.54 Å². The fourth-order valence-electron chi connectivity index (χ4n) is 1.61. The van der Waals surface area contributed by atoms with Crippen LogP contribution in [0.15, 0.2) is 0 Å². The first-order valence-electron chi connectivity index (χ1n) is 4.71. The van der Waals surface area contributed by atoms with Gasteiger partial charge in [-0.25, -0.2) is 0 Å². The molecule has 0 aromatic rings. The van der Waals surface area contributed by atoms with Gasteiger partial charge in [-0.05, 0) is 32.6 Å². The summed E-state index contributed by atoms with van der Waals surface area (Å²) in [6.07, 6.45) is 4.76. The predicted octanol–water partition coefficient (Wildman–Crippen LogP) is 0.869. The van der Waals surface area contributed by atoms with Crippen molar-refractivity contribution >= 4 is 0 Å². The Labute approximate surface area is 74.9 Å². The summed E-state index contributed by atoms with van der Waals surface area (Å²) < 4.78 is 0. The summed E-state index contributed by atoms with van der Waals surface area (Å²) in [5.74, 6) is 5.89. The van der Waals surface area contributed by atoms with Gasteiger partial charge in [0.25, 0.3) is 0 Å². The molecule has 12 heavy (non-hydrogen) atoms. The molecule has 1 aliphatic rings. The molecule has 0 aliphatic heterocycles. The van der Waals surface area contributed by atoms with Gasteiger partial charge < -0.3 is 11.1 Å². The van der Waals surface area contributed by atoms with E-state index in [9.17, 15) is 0 Å². The van der Waals surface area contributed by atoms with Crippen LogP contribution in [-0.2, 0) is 0 Å². The quantitative estimate of drug-likeness (QED) is 0.597. The lowest BCUT2D eigenvalue weighted by Gasteiger charge is -2.26. The van der Waals surface area contributed by atoms with Gasteiger partial charge in [0.15, 0.2) is 0 Å². The maximum Gasteiger partial charge on any atom is 0.0578 e. The van der Waals surface area contributed by atoms with Crippen LogP contribution in [0.2, 0.25) is 0 Å². The second-order valence-corrected chi connectivity index (χ2v) is 3.42. The Kier molecular flexibility index (Phi) is 4.13. The highest BCUT2D eigenvalue weighted by atomic mass is 14.9. The molecule has 0 spiro atoms. The van der Waals surface area contributed by atoms with Gasteiger partial charge in [0.2, 0.25) is 0 Å². The molecule has 2 nitrogen and oxygen atoms in total. The molecule has 0 unspecified atom stereocenters. The zero-order chi connectivity index (χ0) is 8.81. The first-order chi connectivity index (χ1) is 5.83. The van der Waals surface area contributed by atoms with Gasteiger partial charge in [0.05, 0.1) is 6.54 Å². The van der Waals surface area contributed by atoms with Crippen molar-refractivity contribution < 1.29 is 0 Å². The van der Waals surface area contributed by atoms with E-state index in [0.29, 0.717) is 12.1 Å². The minimum absolute atomic E-state index is 0.445. The van der Waals surface area contributed by atoms with Gasteiger partial charge in [-0.3, -0.25) is 0 Å². The Bertz CT molecular complexity index is 170. The number of nitrogens with two attached hydrogens (primary N) is 1. The van der Waals surface area contributed by atoms with Crippen LogP contribution < -0.4 is 11.1 Å². The lowest BCUT2D eigenvalue weighted by molar-refractivity contribution is 0.352. The Morgan fingerprint density at radius 1 is 1.33 bits per heavy atom. The largest absolute Gasteiger partial charge is 0.328 e. The van der Waals surface area contributed by atoms with Crippen LogP contribution >= 0.6 is 0 Å². The van der Waals surface area contributed by atoms with Crippen LogP contribution in [0.1, 0.15) is 32.6 Å². The van der Waals surface area contributed by atoms with Gasteiger partial charge in [0, 0.05) is 12.1 Å². The summed E-state index contributed by atoms with van der Waals surface area (Å²) in [4.78, 5) is 0. The zero-order valence-corrected chi connectivity index (χ0v) is 7.77. The second-order valence-electron chi connectivity index (χ2n) is 3.42. The Hall–Kier alpha value is -0.520. The van der Waals surface area contributed by atoms with Gasteiger partial charge in [-0.15, -0.1) is 5.92 Å².